The maximum absolute atomic E-state index is 12.5. The molecule has 0 saturated heterocycles. The number of benzene rings is 2. The molecule has 0 radical (unpaired) electrons. The minimum atomic E-state index is -0.593. The van der Waals surface area contributed by atoms with Crippen LogP contribution in [0.4, 0.5) is 0 Å². The number of imidazole rings is 1. The normalized spacial score (nSPS) is 10.7. The van der Waals surface area contributed by atoms with Crippen molar-refractivity contribution in [1.29, 1.82) is 0 Å². The number of nitrogens with one attached hydrogen (secondary N) is 3. The highest BCUT2D eigenvalue weighted by molar-refractivity contribution is 5.98. The summed E-state index contributed by atoms with van der Waals surface area (Å²) < 4.78 is 1.96. The van der Waals surface area contributed by atoms with Crippen molar-refractivity contribution in [2.24, 2.45) is 0 Å². The van der Waals surface area contributed by atoms with Gasteiger partial charge >= 0.3 is 0 Å². The van der Waals surface area contributed by atoms with E-state index in [2.05, 4.69) is 20.6 Å². The van der Waals surface area contributed by atoms with Crippen LogP contribution in [0.15, 0.2) is 78.2 Å². The largest absolute Gasteiger partial charge is 0.360 e. The number of aromatic nitrogens is 3. The number of carbonyl (C=O) groups is 2. The second-order valence-corrected chi connectivity index (χ2v) is 7.09. The Morgan fingerprint density at radius 2 is 1.87 bits per heavy atom. The molecule has 0 bridgehead atoms. The van der Waals surface area contributed by atoms with E-state index in [0.717, 1.165) is 11.1 Å². The van der Waals surface area contributed by atoms with E-state index in [4.69, 9.17) is 0 Å². The minimum Gasteiger partial charge on any atom is -0.360 e. The first kappa shape index (κ1) is 20.1. The summed E-state index contributed by atoms with van der Waals surface area (Å²) in [6.45, 7) is 0.807. The van der Waals surface area contributed by atoms with Gasteiger partial charge in [0.25, 0.3) is 5.91 Å². The fourth-order valence-corrected chi connectivity index (χ4v) is 3.28. The van der Waals surface area contributed by atoms with Gasteiger partial charge in [-0.15, -0.1) is 0 Å². The van der Waals surface area contributed by atoms with E-state index in [1.54, 1.807) is 36.8 Å². The predicted molar refractivity (Wildman–Crippen MR) is 117 cm³/mol. The van der Waals surface area contributed by atoms with E-state index in [-0.39, 0.29) is 23.4 Å². The lowest BCUT2D eigenvalue weighted by Gasteiger charge is -2.09. The van der Waals surface area contributed by atoms with Crippen molar-refractivity contribution in [3.8, 4) is 0 Å². The van der Waals surface area contributed by atoms with Crippen LogP contribution in [0.2, 0.25) is 0 Å². The van der Waals surface area contributed by atoms with Gasteiger partial charge in [-0.2, -0.15) is 0 Å². The first-order valence-corrected chi connectivity index (χ1v) is 9.79. The van der Waals surface area contributed by atoms with Crippen molar-refractivity contribution in [3.63, 3.8) is 0 Å². The number of fused-ring (bicyclic) bond motifs is 1. The van der Waals surface area contributed by atoms with Gasteiger partial charge in [0, 0.05) is 42.6 Å². The van der Waals surface area contributed by atoms with Crippen LogP contribution >= 0.6 is 0 Å². The van der Waals surface area contributed by atoms with E-state index in [0.29, 0.717) is 24.0 Å². The van der Waals surface area contributed by atoms with Crippen molar-refractivity contribution in [2.75, 3.05) is 6.54 Å². The van der Waals surface area contributed by atoms with E-state index >= 15 is 0 Å². The van der Waals surface area contributed by atoms with E-state index in [1.807, 2.05) is 35.0 Å². The maximum Gasteiger partial charge on any atom is 0.257 e. The fraction of sp³-hybridized carbons (Fsp3) is 0.130. The molecule has 2 aromatic carbocycles. The third-order valence-electron chi connectivity index (χ3n) is 4.85. The summed E-state index contributed by atoms with van der Waals surface area (Å²) in [4.78, 5) is 44.0. The zero-order valence-corrected chi connectivity index (χ0v) is 16.7. The van der Waals surface area contributed by atoms with Gasteiger partial charge in [-0.3, -0.25) is 14.4 Å². The zero-order valence-electron chi connectivity index (χ0n) is 16.7. The first-order valence-electron chi connectivity index (χ1n) is 9.79. The van der Waals surface area contributed by atoms with E-state index in [1.165, 1.54) is 6.20 Å². The molecule has 0 spiro atoms. The zero-order chi connectivity index (χ0) is 21.6. The number of amides is 2. The Hall–Kier alpha value is -4.20. The summed E-state index contributed by atoms with van der Waals surface area (Å²) in [5, 5.41) is 5.70. The first-order chi connectivity index (χ1) is 15.1. The number of carbonyl (C=O) groups excluding carboxylic acids is 2. The van der Waals surface area contributed by atoms with Gasteiger partial charge in [0.2, 0.25) is 11.3 Å². The molecule has 0 aliphatic rings. The molecule has 3 N–H and O–H groups in total. The van der Waals surface area contributed by atoms with Crippen molar-refractivity contribution in [2.45, 2.75) is 13.1 Å². The van der Waals surface area contributed by atoms with Crippen molar-refractivity contribution >= 4 is 22.7 Å². The van der Waals surface area contributed by atoms with Gasteiger partial charge in [-0.25, -0.2) is 4.98 Å². The summed E-state index contributed by atoms with van der Waals surface area (Å²) in [5.74, 6) is -0.935. The SMILES string of the molecule is O=C(CNC(=O)c1c[nH]c2ccccc2c1=O)NCc1cccc(Cn2ccnc2)c1. The lowest BCUT2D eigenvalue weighted by atomic mass is 10.1. The monoisotopic (exact) mass is 415 g/mol. The quantitative estimate of drug-likeness (QED) is 0.428. The number of hydrogen-bond acceptors (Lipinski definition) is 4. The van der Waals surface area contributed by atoms with Crippen LogP contribution < -0.4 is 16.1 Å². The molecule has 2 amide bonds. The second kappa shape index (κ2) is 9.08. The highest BCUT2D eigenvalue weighted by atomic mass is 16.2. The predicted octanol–water partition coefficient (Wildman–Crippen LogP) is 1.82. The van der Waals surface area contributed by atoms with E-state index in [9.17, 15) is 14.4 Å². The number of rotatable bonds is 7. The lowest BCUT2D eigenvalue weighted by molar-refractivity contribution is -0.120. The molecule has 4 rings (SSSR count). The van der Waals surface area contributed by atoms with Crippen LogP contribution in [0.25, 0.3) is 10.9 Å². The Morgan fingerprint density at radius 1 is 1.03 bits per heavy atom. The van der Waals surface area contributed by atoms with Gasteiger partial charge in [-0.05, 0) is 23.3 Å². The maximum atomic E-state index is 12.5. The molecule has 0 saturated carbocycles. The lowest BCUT2D eigenvalue weighted by Crippen LogP contribution is -2.38. The number of para-hydroxylation sites is 1. The number of nitrogens with zero attached hydrogens (tertiary/aromatic N) is 2. The summed E-state index contributed by atoms with van der Waals surface area (Å²) in [6.07, 6.45) is 6.73. The Balaban J connectivity index is 1.31. The Bertz CT molecular complexity index is 1280. The van der Waals surface area contributed by atoms with Crippen molar-refractivity contribution < 1.29 is 9.59 Å². The molecule has 4 aromatic rings. The van der Waals surface area contributed by atoms with Gasteiger partial charge < -0.3 is 20.2 Å². The number of H-pyrrole nitrogens is 1. The molecule has 0 fully saturated rings. The van der Waals surface area contributed by atoms with Crippen LogP contribution in [0.5, 0.6) is 0 Å². The molecular weight excluding hydrogens is 394 g/mol. The molecular formula is C23H21N5O3. The molecule has 2 aromatic heterocycles. The summed E-state index contributed by atoms with van der Waals surface area (Å²) in [7, 11) is 0. The standard InChI is InChI=1S/C23H21N5O3/c29-21(26-11-16-4-3-5-17(10-16)14-28-9-8-24-15-28)13-27-23(31)19-12-25-20-7-2-1-6-18(20)22(19)30/h1-10,12,15H,11,13-14H2,(H,25,30)(H,26,29)(H,27,31). The van der Waals surface area contributed by atoms with Gasteiger partial charge in [-0.1, -0.05) is 36.4 Å². The molecule has 0 aliphatic heterocycles. The van der Waals surface area contributed by atoms with Crippen LogP contribution in [0.3, 0.4) is 0 Å². The van der Waals surface area contributed by atoms with Crippen molar-refractivity contribution in [3.05, 3.63) is 100 Å². The molecule has 31 heavy (non-hydrogen) atoms. The molecule has 8 heteroatoms. The Morgan fingerprint density at radius 3 is 2.71 bits per heavy atom. The Kier molecular flexibility index (Phi) is 5.89. The molecule has 2 heterocycles. The highest BCUT2D eigenvalue weighted by Crippen LogP contribution is 2.08. The molecule has 0 aliphatic carbocycles. The number of pyridine rings is 1. The van der Waals surface area contributed by atoms with Crippen LogP contribution in [-0.4, -0.2) is 32.9 Å². The smallest absolute Gasteiger partial charge is 0.257 e. The summed E-state index contributed by atoms with van der Waals surface area (Å²) >= 11 is 0. The second-order valence-electron chi connectivity index (χ2n) is 7.09. The van der Waals surface area contributed by atoms with Crippen LogP contribution in [-0.2, 0) is 17.9 Å². The third-order valence-corrected chi connectivity index (χ3v) is 4.85. The van der Waals surface area contributed by atoms with Crippen LogP contribution in [0.1, 0.15) is 21.5 Å². The third kappa shape index (κ3) is 4.87. The fourth-order valence-electron chi connectivity index (χ4n) is 3.28. The van der Waals surface area contributed by atoms with Gasteiger partial charge in [0.05, 0.1) is 12.9 Å². The Labute approximate surface area is 177 Å². The topological polar surface area (TPSA) is 109 Å². The van der Waals surface area contributed by atoms with E-state index < -0.39 is 5.91 Å². The van der Waals surface area contributed by atoms with Crippen LogP contribution in [0, 0.1) is 0 Å². The molecule has 0 atom stereocenters. The number of aromatic amines is 1. The van der Waals surface area contributed by atoms with Gasteiger partial charge in [0.1, 0.15) is 5.56 Å². The molecule has 8 nitrogen and oxygen atoms in total. The van der Waals surface area contributed by atoms with Gasteiger partial charge in [0.15, 0.2) is 0 Å². The minimum absolute atomic E-state index is 0.0290. The summed E-state index contributed by atoms with van der Waals surface area (Å²) in [6, 6.07) is 14.8. The molecule has 0 unspecified atom stereocenters. The highest BCUT2D eigenvalue weighted by Gasteiger charge is 2.13. The van der Waals surface area contributed by atoms with Crippen molar-refractivity contribution in [1.82, 2.24) is 25.2 Å². The summed E-state index contributed by atoms with van der Waals surface area (Å²) in [5.41, 5.74) is 2.29. The average molecular weight is 415 g/mol. The molecule has 156 valence electrons. The number of hydrogen-bond donors (Lipinski definition) is 3. The average Bonchev–Trinajstić information content (AvgIpc) is 3.30.